The van der Waals surface area contributed by atoms with Crippen molar-refractivity contribution in [2.24, 2.45) is 0 Å². The lowest BCUT2D eigenvalue weighted by atomic mass is 10.0. The summed E-state index contributed by atoms with van der Waals surface area (Å²) in [4.78, 5) is 34.0. The van der Waals surface area contributed by atoms with Crippen LogP contribution in [0.15, 0.2) is 103 Å². The molecule has 0 aliphatic heterocycles. The molecule has 2 aromatic heterocycles. The second kappa shape index (κ2) is 9.08. The summed E-state index contributed by atoms with van der Waals surface area (Å²) in [7, 11) is -1.48. The minimum atomic E-state index is -1.48. The molecular formula is C34H26N2O2SSi. The molecule has 0 unspecified atom stereocenters. The zero-order valence-electron chi connectivity index (χ0n) is 22.4. The van der Waals surface area contributed by atoms with Gasteiger partial charge < -0.3 is 0 Å². The second-order valence-corrected chi connectivity index (χ2v) is 17.3. The molecule has 1 aliphatic rings. The van der Waals surface area contributed by atoms with Crippen LogP contribution in [-0.4, -0.2) is 29.2 Å². The third-order valence-electron chi connectivity index (χ3n) is 7.57. The van der Waals surface area contributed by atoms with Gasteiger partial charge in [0.05, 0.1) is 19.2 Å². The molecule has 0 spiro atoms. The van der Waals surface area contributed by atoms with Gasteiger partial charge in [0.2, 0.25) is 0 Å². The van der Waals surface area contributed by atoms with E-state index in [1.165, 1.54) is 5.19 Å². The van der Waals surface area contributed by atoms with Gasteiger partial charge in [0, 0.05) is 21.7 Å². The molecule has 4 nitrogen and oxygen atoms in total. The highest BCUT2D eigenvalue weighted by Gasteiger charge is 2.34. The van der Waals surface area contributed by atoms with E-state index < -0.39 is 8.07 Å². The van der Waals surface area contributed by atoms with E-state index in [0.29, 0.717) is 17.0 Å². The summed E-state index contributed by atoms with van der Waals surface area (Å²) >= 11 is 1.61. The van der Waals surface area contributed by atoms with Crippen molar-refractivity contribution in [3.05, 3.63) is 120 Å². The van der Waals surface area contributed by atoms with Crippen LogP contribution in [0.3, 0.4) is 0 Å². The van der Waals surface area contributed by atoms with Crippen LogP contribution in [0.1, 0.15) is 26.5 Å². The lowest BCUT2D eigenvalue weighted by molar-refractivity contribution is 0.0990. The maximum Gasteiger partial charge on any atom is 0.197 e. The third kappa shape index (κ3) is 3.99. The number of hydrogen-bond donors (Lipinski definition) is 0. The number of allylic oxidation sites excluding steroid dienone is 1. The van der Waals surface area contributed by atoms with Crippen LogP contribution in [0.2, 0.25) is 19.6 Å². The van der Waals surface area contributed by atoms with Crippen LogP contribution >= 0.6 is 11.3 Å². The van der Waals surface area contributed by atoms with Crippen molar-refractivity contribution in [2.75, 3.05) is 0 Å². The van der Waals surface area contributed by atoms with Crippen LogP contribution in [0.4, 0.5) is 0 Å². The highest BCUT2D eigenvalue weighted by molar-refractivity contribution is 7.21. The van der Waals surface area contributed by atoms with E-state index in [1.807, 2.05) is 54.6 Å². The molecule has 6 aromatic rings. The Morgan fingerprint density at radius 1 is 0.750 bits per heavy atom. The van der Waals surface area contributed by atoms with Crippen molar-refractivity contribution in [3.63, 3.8) is 0 Å². The maximum absolute atomic E-state index is 13.5. The average Bonchev–Trinajstić information content (AvgIpc) is 3.58. The summed E-state index contributed by atoms with van der Waals surface area (Å²) in [6.45, 7) is 6.99. The summed E-state index contributed by atoms with van der Waals surface area (Å²) in [5.74, 6) is 0.0844. The number of nitrogens with zero attached hydrogens (tertiary/aromatic N) is 2. The number of carbonyl (C=O) groups excluding carboxylic acids is 2. The van der Waals surface area contributed by atoms with Gasteiger partial charge in [-0.05, 0) is 52.7 Å². The van der Waals surface area contributed by atoms with Crippen LogP contribution < -0.4 is 5.19 Å². The van der Waals surface area contributed by atoms with E-state index in [-0.39, 0.29) is 17.1 Å². The van der Waals surface area contributed by atoms with Crippen LogP contribution in [0.5, 0.6) is 0 Å². The number of ketones is 2. The molecule has 40 heavy (non-hydrogen) atoms. The van der Waals surface area contributed by atoms with Crippen molar-refractivity contribution >= 4 is 63.4 Å². The minimum Gasteiger partial charge on any atom is -0.292 e. The van der Waals surface area contributed by atoms with Crippen molar-refractivity contribution in [1.29, 1.82) is 0 Å². The number of Topliss-reactive ketones (excluding diaryl/α,β-unsaturated/α-hetero) is 2. The van der Waals surface area contributed by atoms with Crippen LogP contribution in [0.25, 0.3) is 43.3 Å². The Morgan fingerprint density at radius 3 is 1.95 bits per heavy atom. The summed E-state index contributed by atoms with van der Waals surface area (Å²) in [6, 6.07) is 32.5. The molecule has 0 radical (unpaired) electrons. The molecule has 4 aromatic carbocycles. The van der Waals surface area contributed by atoms with Gasteiger partial charge in [-0.1, -0.05) is 91.6 Å². The SMILES string of the molecule is C[Si](C)(C)c1ccc(-n2c(C=C3C(=O)c4cc5ccccc5cc4C3=O)nc3sc(-c4ccccc4)cc32)cc1. The van der Waals surface area contributed by atoms with E-state index in [1.54, 1.807) is 17.4 Å². The monoisotopic (exact) mass is 554 g/mol. The molecule has 0 saturated heterocycles. The topological polar surface area (TPSA) is 52.0 Å². The van der Waals surface area contributed by atoms with Gasteiger partial charge >= 0.3 is 0 Å². The molecule has 0 saturated carbocycles. The minimum absolute atomic E-state index is 0.159. The highest BCUT2D eigenvalue weighted by atomic mass is 32.1. The number of thiophene rings is 1. The molecule has 2 heterocycles. The van der Waals surface area contributed by atoms with Crippen molar-refractivity contribution < 1.29 is 9.59 Å². The van der Waals surface area contributed by atoms with E-state index in [4.69, 9.17) is 4.98 Å². The van der Waals surface area contributed by atoms with Crippen molar-refractivity contribution in [2.45, 2.75) is 19.6 Å². The van der Waals surface area contributed by atoms with Crippen LogP contribution in [-0.2, 0) is 0 Å². The van der Waals surface area contributed by atoms with E-state index >= 15 is 0 Å². The zero-order chi connectivity index (χ0) is 27.6. The Balaban J connectivity index is 1.40. The first-order chi connectivity index (χ1) is 19.3. The fourth-order valence-electron chi connectivity index (χ4n) is 5.38. The highest BCUT2D eigenvalue weighted by Crippen LogP contribution is 2.37. The second-order valence-electron chi connectivity index (χ2n) is 11.2. The normalized spacial score (nSPS) is 13.4. The van der Waals surface area contributed by atoms with Gasteiger partial charge in [0.1, 0.15) is 10.7 Å². The van der Waals surface area contributed by atoms with Gasteiger partial charge in [0.15, 0.2) is 11.6 Å². The number of rotatable bonds is 4. The summed E-state index contributed by atoms with van der Waals surface area (Å²) in [5, 5.41) is 3.26. The molecule has 0 fully saturated rings. The molecule has 0 atom stereocenters. The number of hydrogen-bond acceptors (Lipinski definition) is 4. The number of carbonyl (C=O) groups is 2. The number of imidazole rings is 1. The van der Waals surface area contributed by atoms with Gasteiger partial charge in [-0.2, -0.15) is 0 Å². The van der Waals surface area contributed by atoms with Gasteiger partial charge in [-0.15, -0.1) is 11.3 Å². The predicted octanol–water partition coefficient (Wildman–Crippen LogP) is 7.92. The van der Waals surface area contributed by atoms with E-state index in [0.717, 1.165) is 37.2 Å². The zero-order valence-corrected chi connectivity index (χ0v) is 24.3. The Hall–Kier alpha value is -4.39. The molecule has 0 bridgehead atoms. The first-order valence-electron chi connectivity index (χ1n) is 13.3. The fraction of sp³-hybridized carbons (Fsp3) is 0.0882. The standard InChI is InChI=1S/C34H26N2O2SSi/c1-40(2,3)25-15-13-24(14-16-25)36-29-20-30(21-9-5-4-6-10-21)39-34(29)35-31(36)19-28-32(37)26-17-22-11-7-8-12-23(22)18-27(26)33(28)38/h4-20H,1-3H3. The fourth-order valence-corrected chi connectivity index (χ4v) is 7.58. The van der Waals surface area contributed by atoms with Crippen molar-refractivity contribution in [3.8, 4) is 16.1 Å². The number of fused-ring (bicyclic) bond motifs is 3. The van der Waals surface area contributed by atoms with Gasteiger partial charge in [-0.25, -0.2) is 4.98 Å². The third-order valence-corrected chi connectivity index (χ3v) is 10.7. The molecule has 6 heteroatoms. The average molecular weight is 555 g/mol. The summed E-state index contributed by atoms with van der Waals surface area (Å²) in [6.07, 6.45) is 1.68. The van der Waals surface area contributed by atoms with Gasteiger partial charge in [0.25, 0.3) is 0 Å². The first-order valence-corrected chi connectivity index (χ1v) is 17.6. The smallest absolute Gasteiger partial charge is 0.197 e. The lowest BCUT2D eigenvalue weighted by Gasteiger charge is -2.17. The Labute approximate surface area is 237 Å². The number of aromatic nitrogens is 2. The number of benzene rings is 4. The molecular weight excluding hydrogens is 529 g/mol. The molecule has 7 rings (SSSR count). The maximum atomic E-state index is 13.5. The Morgan fingerprint density at radius 2 is 1.35 bits per heavy atom. The Kier molecular flexibility index (Phi) is 5.59. The molecule has 194 valence electrons. The molecule has 1 aliphatic carbocycles. The largest absolute Gasteiger partial charge is 0.292 e. The quantitative estimate of drug-likeness (QED) is 0.126. The van der Waals surface area contributed by atoms with E-state index in [9.17, 15) is 9.59 Å². The molecule has 0 N–H and O–H groups in total. The summed E-state index contributed by atoms with van der Waals surface area (Å²) in [5.41, 5.74) is 4.12. The summed E-state index contributed by atoms with van der Waals surface area (Å²) < 4.78 is 2.07. The van der Waals surface area contributed by atoms with Crippen molar-refractivity contribution in [1.82, 2.24) is 9.55 Å². The van der Waals surface area contributed by atoms with Crippen LogP contribution in [0, 0.1) is 0 Å². The van der Waals surface area contributed by atoms with Gasteiger partial charge in [-0.3, -0.25) is 14.2 Å². The first kappa shape index (κ1) is 24.6. The predicted molar refractivity (Wildman–Crippen MR) is 168 cm³/mol. The Bertz CT molecular complexity index is 1950. The van der Waals surface area contributed by atoms with E-state index in [2.05, 4.69) is 66.7 Å². The lowest BCUT2D eigenvalue weighted by Crippen LogP contribution is -2.37. The molecule has 0 amide bonds.